The SMILES string of the molecule is CCOc1cc(/C=C2\SC(=S)NC2=O)cc(I)c1OCc1ccccc1Cl. The molecule has 1 saturated heterocycles. The Bertz CT molecular complexity index is 933. The molecule has 2 aromatic rings. The molecule has 1 aliphatic rings. The van der Waals surface area contributed by atoms with Gasteiger partial charge in [0.05, 0.1) is 15.1 Å². The van der Waals surface area contributed by atoms with Crippen LogP contribution in [0.2, 0.25) is 5.02 Å². The summed E-state index contributed by atoms with van der Waals surface area (Å²) in [5.74, 6) is 1.09. The number of hydrogen-bond acceptors (Lipinski definition) is 5. The van der Waals surface area contributed by atoms with E-state index in [1.807, 2.05) is 43.3 Å². The Kier molecular flexibility index (Phi) is 7.02. The molecule has 1 heterocycles. The first-order valence-corrected chi connectivity index (χ1v) is 10.7. The van der Waals surface area contributed by atoms with Crippen molar-refractivity contribution in [1.82, 2.24) is 5.32 Å². The van der Waals surface area contributed by atoms with Crippen molar-refractivity contribution in [3.05, 3.63) is 61.0 Å². The predicted octanol–water partition coefficient (Wildman–Crippen LogP) is 5.41. The number of ether oxygens (including phenoxy) is 2. The molecule has 1 amide bonds. The maximum atomic E-state index is 11.9. The fourth-order valence-electron chi connectivity index (χ4n) is 2.41. The third-order valence-electron chi connectivity index (χ3n) is 3.60. The lowest BCUT2D eigenvalue weighted by Gasteiger charge is -2.15. The molecule has 3 rings (SSSR count). The van der Waals surface area contributed by atoms with Gasteiger partial charge in [-0.25, -0.2) is 0 Å². The molecular formula is C19H15ClINO3S2. The molecule has 1 aliphatic heterocycles. The number of carbonyl (C=O) groups excluding carboxylic acids is 1. The summed E-state index contributed by atoms with van der Waals surface area (Å²) in [6, 6.07) is 11.4. The molecule has 0 aromatic heterocycles. The Morgan fingerprint density at radius 2 is 2.07 bits per heavy atom. The van der Waals surface area contributed by atoms with Gasteiger partial charge >= 0.3 is 0 Å². The number of nitrogens with one attached hydrogen (secondary N) is 1. The van der Waals surface area contributed by atoms with Gasteiger partial charge in [0.25, 0.3) is 5.91 Å². The van der Waals surface area contributed by atoms with Gasteiger partial charge < -0.3 is 14.8 Å². The molecule has 4 nitrogen and oxygen atoms in total. The molecule has 140 valence electrons. The van der Waals surface area contributed by atoms with Gasteiger partial charge in [0.2, 0.25) is 0 Å². The van der Waals surface area contributed by atoms with Crippen LogP contribution in [0.1, 0.15) is 18.1 Å². The lowest BCUT2D eigenvalue weighted by Crippen LogP contribution is -2.17. The van der Waals surface area contributed by atoms with E-state index >= 15 is 0 Å². The van der Waals surface area contributed by atoms with E-state index in [0.29, 0.717) is 39.0 Å². The summed E-state index contributed by atoms with van der Waals surface area (Å²) in [5, 5.41) is 3.27. The smallest absolute Gasteiger partial charge is 0.263 e. The second kappa shape index (κ2) is 9.27. The van der Waals surface area contributed by atoms with E-state index < -0.39 is 0 Å². The van der Waals surface area contributed by atoms with E-state index in [0.717, 1.165) is 14.7 Å². The van der Waals surface area contributed by atoms with E-state index in [-0.39, 0.29) is 5.91 Å². The highest BCUT2D eigenvalue weighted by Crippen LogP contribution is 2.37. The molecule has 8 heteroatoms. The summed E-state index contributed by atoms with van der Waals surface area (Å²) in [7, 11) is 0. The monoisotopic (exact) mass is 531 g/mol. The summed E-state index contributed by atoms with van der Waals surface area (Å²) in [6.07, 6.45) is 1.79. The van der Waals surface area contributed by atoms with Crippen LogP contribution in [0.15, 0.2) is 41.3 Å². The maximum Gasteiger partial charge on any atom is 0.263 e. The topological polar surface area (TPSA) is 47.6 Å². The summed E-state index contributed by atoms with van der Waals surface area (Å²) in [4.78, 5) is 12.4. The highest BCUT2D eigenvalue weighted by Gasteiger charge is 2.22. The van der Waals surface area contributed by atoms with Crippen molar-refractivity contribution >= 4 is 74.5 Å². The largest absolute Gasteiger partial charge is 0.490 e. The molecular weight excluding hydrogens is 517 g/mol. The van der Waals surface area contributed by atoms with E-state index in [1.165, 1.54) is 11.8 Å². The molecule has 0 saturated carbocycles. The summed E-state index contributed by atoms with van der Waals surface area (Å²) < 4.78 is 13.1. The normalized spacial score (nSPS) is 15.1. The highest BCUT2D eigenvalue weighted by atomic mass is 127. The van der Waals surface area contributed by atoms with E-state index in [2.05, 4.69) is 27.9 Å². The lowest BCUT2D eigenvalue weighted by atomic mass is 10.2. The van der Waals surface area contributed by atoms with Crippen LogP contribution in [0.5, 0.6) is 11.5 Å². The van der Waals surface area contributed by atoms with Crippen molar-refractivity contribution in [3.63, 3.8) is 0 Å². The van der Waals surface area contributed by atoms with Crippen LogP contribution in [-0.4, -0.2) is 16.8 Å². The number of thiocarbonyl (C=S) groups is 1. The number of carbonyl (C=O) groups is 1. The first-order chi connectivity index (χ1) is 13.0. The number of rotatable bonds is 6. The molecule has 0 radical (unpaired) electrons. The Hall–Kier alpha value is -1.29. The minimum Gasteiger partial charge on any atom is -0.490 e. The van der Waals surface area contributed by atoms with Crippen molar-refractivity contribution in [2.24, 2.45) is 0 Å². The van der Waals surface area contributed by atoms with Gasteiger partial charge in [-0.3, -0.25) is 4.79 Å². The van der Waals surface area contributed by atoms with Gasteiger partial charge in [-0.15, -0.1) is 0 Å². The van der Waals surface area contributed by atoms with Crippen molar-refractivity contribution < 1.29 is 14.3 Å². The molecule has 0 aliphatic carbocycles. The first kappa shape index (κ1) is 20.4. The van der Waals surface area contributed by atoms with Crippen molar-refractivity contribution in [1.29, 1.82) is 0 Å². The van der Waals surface area contributed by atoms with Crippen LogP contribution in [0.25, 0.3) is 6.08 Å². The van der Waals surface area contributed by atoms with Gasteiger partial charge in [-0.05, 0) is 59.4 Å². The van der Waals surface area contributed by atoms with Crippen molar-refractivity contribution in [2.75, 3.05) is 6.61 Å². The van der Waals surface area contributed by atoms with Gasteiger partial charge in [0.15, 0.2) is 11.5 Å². The van der Waals surface area contributed by atoms with Crippen molar-refractivity contribution in [2.45, 2.75) is 13.5 Å². The second-order valence-corrected chi connectivity index (χ2v) is 8.78. The zero-order valence-electron chi connectivity index (χ0n) is 14.3. The van der Waals surface area contributed by atoms with Gasteiger partial charge in [-0.2, -0.15) is 0 Å². The van der Waals surface area contributed by atoms with Crippen LogP contribution in [-0.2, 0) is 11.4 Å². The van der Waals surface area contributed by atoms with Gasteiger partial charge in [0, 0.05) is 10.6 Å². The van der Waals surface area contributed by atoms with Crippen LogP contribution in [0.4, 0.5) is 0 Å². The minimum absolute atomic E-state index is 0.183. The van der Waals surface area contributed by atoms with E-state index in [1.54, 1.807) is 6.08 Å². The fraction of sp³-hybridized carbons (Fsp3) is 0.158. The number of thioether (sulfide) groups is 1. The molecule has 0 atom stereocenters. The number of hydrogen-bond donors (Lipinski definition) is 1. The minimum atomic E-state index is -0.183. The highest BCUT2D eigenvalue weighted by molar-refractivity contribution is 14.1. The summed E-state index contributed by atoms with van der Waals surface area (Å²) in [6.45, 7) is 2.75. The molecule has 2 aromatic carbocycles. The third kappa shape index (κ3) is 5.16. The summed E-state index contributed by atoms with van der Waals surface area (Å²) in [5.41, 5.74) is 1.74. The summed E-state index contributed by atoms with van der Waals surface area (Å²) >= 11 is 14.7. The zero-order chi connectivity index (χ0) is 19.4. The maximum absolute atomic E-state index is 11.9. The molecule has 0 spiro atoms. The van der Waals surface area contributed by atoms with Gasteiger partial charge in [-0.1, -0.05) is 53.8 Å². The zero-order valence-corrected chi connectivity index (χ0v) is 18.8. The fourth-order valence-corrected chi connectivity index (χ4v) is 4.43. The molecule has 0 bridgehead atoms. The average molecular weight is 532 g/mol. The molecule has 1 N–H and O–H groups in total. The standard InChI is InChI=1S/C19H15ClINO3S2/c1-2-24-15-8-11(9-16-18(23)22-19(26)27-16)7-14(21)17(15)25-10-12-5-3-4-6-13(12)20/h3-9H,2,10H2,1H3,(H,22,23,26)/b16-9-. The molecule has 1 fully saturated rings. The van der Waals surface area contributed by atoms with Crippen LogP contribution >= 0.6 is 58.2 Å². The number of amides is 1. The van der Waals surface area contributed by atoms with E-state index in [9.17, 15) is 4.79 Å². The quantitative estimate of drug-likeness (QED) is 0.307. The molecule has 0 unspecified atom stereocenters. The lowest BCUT2D eigenvalue weighted by molar-refractivity contribution is -0.115. The van der Waals surface area contributed by atoms with Crippen LogP contribution < -0.4 is 14.8 Å². The Labute approximate surface area is 185 Å². The Balaban J connectivity index is 1.88. The third-order valence-corrected chi connectivity index (χ3v) is 5.93. The molecule has 27 heavy (non-hydrogen) atoms. The Morgan fingerprint density at radius 3 is 2.74 bits per heavy atom. The average Bonchev–Trinajstić information content (AvgIpc) is 2.93. The predicted molar refractivity (Wildman–Crippen MR) is 122 cm³/mol. The van der Waals surface area contributed by atoms with Crippen LogP contribution in [0.3, 0.4) is 0 Å². The van der Waals surface area contributed by atoms with Gasteiger partial charge in [0.1, 0.15) is 10.9 Å². The first-order valence-electron chi connectivity index (χ1n) is 8.05. The second-order valence-electron chi connectivity index (χ2n) is 5.50. The number of halogens is 2. The Morgan fingerprint density at radius 1 is 1.30 bits per heavy atom. The van der Waals surface area contributed by atoms with Crippen molar-refractivity contribution in [3.8, 4) is 11.5 Å². The number of benzene rings is 2. The van der Waals surface area contributed by atoms with Crippen LogP contribution in [0, 0.1) is 3.57 Å². The van der Waals surface area contributed by atoms with E-state index in [4.69, 9.17) is 33.3 Å².